The molecule has 2 aliphatic heterocycles. The molecular weight excluding hydrogens is 304 g/mol. The maximum Gasteiger partial charge on any atom is 0.303 e. The Balaban J connectivity index is 2.01. The summed E-state index contributed by atoms with van der Waals surface area (Å²) < 4.78 is 11.6. The molecule has 0 spiro atoms. The third kappa shape index (κ3) is 3.48. The predicted octanol–water partition coefficient (Wildman–Crippen LogP) is 1.79. The van der Waals surface area contributed by atoms with Gasteiger partial charge in [-0.3, -0.25) is 9.69 Å². The van der Waals surface area contributed by atoms with Crippen LogP contribution in [0, 0.1) is 6.92 Å². The number of nitrogens with zero attached hydrogens (tertiary/aromatic N) is 2. The summed E-state index contributed by atoms with van der Waals surface area (Å²) in [6.07, 6.45) is 0.814. The number of ether oxygens (including phenoxy) is 2. The summed E-state index contributed by atoms with van der Waals surface area (Å²) in [5.41, 5.74) is 1.74. The van der Waals surface area contributed by atoms with E-state index in [1.165, 1.54) is 12.5 Å². The van der Waals surface area contributed by atoms with Crippen molar-refractivity contribution in [1.29, 1.82) is 0 Å². The van der Waals surface area contributed by atoms with Gasteiger partial charge in [0.25, 0.3) is 0 Å². The first-order valence-electron chi connectivity index (χ1n) is 8.78. The van der Waals surface area contributed by atoms with Crippen LogP contribution in [0.1, 0.15) is 24.5 Å². The number of esters is 1. The second kappa shape index (κ2) is 7.21. The van der Waals surface area contributed by atoms with E-state index >= 15 is 0 Å². The predicted molar refractivity (Wildman–Crippen MR) is 92.9 cm³/mol. The topological polar surface area (TPSA) is 42.0 Å². The van der Waals surface area contributed by atoms with Gasteiger partial charge in [0, 0.05) is 39.5 Å². The number of likely N-dealkylation sites (tertiary alicyclic amines) is 1. The first-order chi connectivity index (χ1) is 11.5. The van der Waals surface area contributed by atoms with Gasteiger partial charge in [-0.2, -0.15) is 0 Å². The van der Waals surface area contributed by atoms with E-state index in [-0.39, 0.29) is 12.0 Å². The zero-order chi connectivity index (χ0) is 17.2. The third-order valence-electron chi connectivity index (χ3n) is 5.24. The van der Waals surface area contributed by atoms with Gasteiger partial charge in [0.15, 0.2) is 5.60 Å². The molecule has 0 radical (unpaired) electrons. The molecular formula is C19H28N2O3. The lowest BCUT2D eigenvalue weighted by Gasteiger charge is -2.51. The Morgan fingerprint density at radius 3 is 2.50 bits per heavy atom. The fourth-order valence-electron chi connectivity index (χ4n) is 3.96. The maximum absolute atomic E-state index is 12.0. The normalized spacial score (nSPS) is 29.4. The van der Waals surface area contributed by atoms with Gasteiger partial charge < -0.3 is 14.4 Å². The highest BCUT2D eigenvalue weighted by Gasteiger charge is 2.49. The number of rotatable bonds is 3. The Labute approximate surface area is 144 Å². The van der Waals surface area contributed by atoms with Crippen molar-refractivity contribution in [2.45, 2.75) is 31.9 Å². The van der Waals surface area contributed by atoms with Crippen LogP contribution in [0.2, 0.25) is 0 Å². The van der Waals surface area contributed by atoms with E-state index in [4.69, 9.17) is 9.47 Å². The summed E-state index contributed by atoms with van der Waals surface area (Å²) in [5.74, 6) is -0.210. The van der Waals surface area contributed by atoms with Crippen molar-refractivity contribution in [3.63, 3.8) is 0 Å². The molecule has 5 heteroatoms. The number of benzene rings is 1. The fourth-order valence-corrected chi connectivity index (χ4v) is 3.96. The van der Waals surface area contributed by atoms with E-state index < -0.39 is 5.60 Å². The number of hydrogen-bond donors (Lipinski definition) is 0. The molecule has 1 aromatic rings. The molecule has 3 rings (SSSR count). The molecule has 0 bridgehead atoms. The van der Waals surface area contributed by atoms with Gasteiger partial charge >= 0.3 is 5.97 Å². The minimum atomic E-state index is -0.580. The zero-order valence-electron chi connectivity index (χ0n) is 15.0. The Bertz CT molecular complexity index is 568. The molecule has 2 fully saturated rings. The standard InChI is InChI=1S/C19H28N2O3/c1-15-4-6-17(7-5-15)19(24-16(2)22)8-9-20(3)14-18(19)21-10-12-23-13-11-21/h4-7,18H,8-14H2,1-3H3. The molecule has 2 aliphatic rings. The molecule has 2 saturated heterocycles. The maximum atomic E-state index is 12.0. The van der Waals surface area contributed by atoms with Crippen molar-refractivity contribution in [2.24, 2.45) is 0 Å². The number of carbonyl (C=O) groups excluding carboxylic acids is 1. The van der Waals surface area contributed by atoms with Crippen molar-refractivity contribution < 1.29 is 14.3 Å². The highest BCUT2D eigenvalue weighted by molar-refractivity contribution is 5.67. The van der Waals surface area contributed by atoms with Crippen LogP contribution >= 0.6 is 0 Å². The first-order valence-corrected chi connectivity index (χ1v) is 8.78. The second-order valence-electron chi connectivity index (χ2n) is 7.03. The summed E-state index contributed by atoms with van der Waals surface area (Å²) in [7, 11) is 2.14. The van der Waals surface area contributed by atoms with E-state index in [9.17, 15) is 4.79 Å². The SMILES string of the molecule is CC(=O)OC1(c2ccc(C)cc2)CCN(C)CC1N1CCOCC1. The van der Waals surface area contributed by atoms with Gasteiger partial charge in [-0.15, -0.1) is 0 Å². The van der Waals surface area contributed by atoms with Gasteiger partial charge in [0.05, 0.1) is 19.3 Å². The van der Waals surface area contributed by atoms with E-state index in [0.717, 1.165) is 51.4 Å². The van der Waals surface area contributed by atoms with Crippen LogP contribution in [0.5, 0.6) is 0 Å². The van der Waals surface area contributed by atoms with Crippen molar-refractivity contribution in [3.05, 3.63) is 35.4 Å². The number of morpholine rings is 1. The molecule has 0 N–H and O–H groups in total. The summed E-state index contributed by atoms with van der Waals surface area (Å²) >= 11 is 0. The monoisotopic (exact) mass is 332 g/mol. The van der Waals surface area contributed by atoms with Gasteiger partial charge in [-0.05, 0) is 19.5 Å². The number of hydrogen-bond acceptors (Lipinski definition) is 5. The van der Waals surface area contributed by atoms with Gasteiger partial charge in [0.2, 0.25) is 0 Å². The summed E-state index contributed by atoms with van der Waals surface area (Å²) in [6.45, 7) is 8.65. The molecule has 0 saturated carbocycles. The largest absolute Gasteiger partial charge is 0.453 e. The molecule has 2 unspecified atom stereocenters. The van der Waals surface area contributed by atoms with Crippen LogP contribution in [-0.4, -0.2) is 68.3 Å². The third-order valence-corrected chi connectivity index (χ3v) is 5.24. The minimum Gasteiger partial charge on any atom is -0.453 e. The van der Waals surface area contributed by atoms with Gasteiger partial charge in [0.1, 0.15) is 0 Å². The molecule has 2 atom stereocenters. The first kappa shape index (κ1) is 17.4. The van der Waals surface area contributed by atoms with Crippen LogP contribution in [0.15, 0.2) is 24.3 Å². The molecule has 0 aromatic heterocycles. The van der Waals surface area contributed by atoms with Crippen molar-refractivity contribution >= 4 is 5.97 Å². The highest BCUT2D eigenvalue weighted by atomic mass is 16.6. The molecule has 24 heavy (non-hydrogen) atoms. The molecule has 132 valence electrons. The van der Waals surface area contributed by atoms with Crippen LogP contribution in [0.3, 0.4) is 0 Å². The minimum absolute atomic E-state index is 0.145. The number of carbonyl (C=O) groups is 1. The van der Waals surface area contributed by atoms with Gasteiger partial charge in [-0.1, -0.05) is 29.8 Å². The van der Waals surface area contributed by atoms with Crippen LogP contribution < -0.4 is 0 Å². The molecule has 0 aliphatic carbocycles. The average molecular weight is 332 g/mol. The lowest BCUT2D eigenvalue weighted by atomic mass is 9.79. The average Bonchev–Trinajstić information content (AvgIpc) is 2.57. The Hall–Kier alpha value is -1.43. The second-order valence-corrected chi connectivity index (χ2v) is 7.03. The van der Waals surface area contributed by atoms with Crippen molar-refractivity contribution in [1.82, 2.24) is 9.80 Å². The van der Waals surface area contributed by atoms with Gasteiger partial charge in [-0.25, -0.2) is 0 Å². The van der Waals surface area contributed by atoms with Crippen molar-refractivity contribution in [3.8, 4) is 0 Å². The molecule has 2 heterocycles. The highest BCUT2D eigenvalue weighted by Crippen LogP contribution is 2.40. The Morgan fingerprint density at radius 1 is 1.21 bits per heavy atom. The Morgan fingerprint density at radius 2 is 1.88 bits per heavy atom. The van der Waals surface area contributed by atoms with E-state index in [1.807, 2.05) is 0 Å². The van der Waals surface area contributed by atoms with Crippen LogP contribution in [0.4, 0.5) is 0 Å². The van der Waals surface area contributed by atoms with E-state index in [2.05, 4.69) is 48.0 Å². The summed E-state index contributed by atoms with van der Waals surface area (Å²) in [4.78, 5) is 16.8. The smallest absolute Gasteiger partial charge is 0.303 e. The van der Waals surface area contributed by atoms with E-state index in [0.29, 0.717) is 0 Å². The molecule has 5 nitrogen and oxygen atoms in total. The zero-order valence-corrected chi connectivity index (χ0v) is 15.0. The lowest BCUT2D eigenvalue weighted by molar-refractivity contribution is -0.179. The lowest BCUT2D eigenvalue weighted by Crippen LogP contribution is -2.63. The quantitative estimate of drug-likeness (QED) is 0.790. The number of likely N-dealkylation sites (N-methyl/N-ethyl adjacent to an activating group) is 1. The Kier molecular flexibility index (Phi) is 5.23. The molecule has 1 aromatic carbocycles. The van der Waals surface area contributed by atoms with Crippen LogP contribution in [-0.2, 0) is 19.9 Å². The number of aryl methyl sites for hydroxylation is 1. The van der Waals surface area contributed by atoms with Crippen molar-refractivity contribution in [2.75, 3.05) is 46.4 Å². The van der Waals surface area contributed by atoms with Crippen LogP contribution in [0.25, 0.3) is 0 Å². The fraction of sp³-hybridized carbons (Fsp3) is 0.632. The summed E-state index contributed by atoms with van der Waals surface area (Å²) in [5, 5.41) is 0. The van der Waals surface area contributed by atoms with E-state index in [1.54, 1.807) is 0 Å². The molecule has 0 amide bonds. The summed E-state index contributed by atoms with van der Waals surface area (Å²) in [6, 6.07) is 8.60. The number of piperidine rings is 1.